The monoisotopic (exact) mass is 637 g/mol. The van der Waals surface area contributed by atoms with E-state index in [2.05, 4.69) is 10.3 Å². The van der Waals surface area contributed by atoms with Gasteiger partial charge in [0.05, 0.1) is 24.4 Å². The van der Waals surface area contributed by atoms with E-state index in [1.165, 1.54) is 17.8 Å². The predicted octanol–water partition coefficient (Wildman–Crippen LogP) is 5.07. The van der Waals surface area contributed by atoms with Crippen molar-refractivity contribution in [3.05, 3.63) is 94.7 Å². The Morgan fingerprint density at radius 1 is 0.867 bits per heavy atom. The number of benzene rings is 2. The van der Waals surface area contributed by atoms with Gasteiger partial charge in [0, 0.05) is 43.3 Å². The highest BCUT2D eigenvalue weighted by Gasteiger charge is 2.32. The van der Waals surface area contributed by atoms with Crippen LogP contribution in [0.5, 0.6) is 0 Å². The molecule has 0 bridgehead atoms. The fraction of sp³-hybridized carbons (Fsp3) is 0.394. The first-order chi connectivity index (χ1) is 21.9. The molecule has 11 nitrogen and oxygen atoms in total. The highest BCUT2D eigenvalue weighted by atomic mass is 32.2. The topological polar surface area (TPSA) is 167 Å². The van der Waals surface area contributed by atoms with Gasteiger partial charge >= 0.3 is 5.97 Å². The number of nitrogens with one attached hydrogen (secondary N) is 2. The fourth-order valence-electron chi connectivity index (χ4n) is 4.93. The number of carbonyl (C=O) groups excluding carboxylic acids is 2. The smallest absolute Gasteiger partial charge is 0.338 e. The van der Waals surface area contributed by atoms with Crippen LogP contribution in [0.3, 0.4) is 0 Å². The summed E-state index contributed by atoms with van der Waals surface area (Å²) in [7, 11) is 0. The first-order valence-corrected chi connectivity index (χ1v) is 15.9. The third-order valence-corrected chi connectivity index (χ3v) is 8.58. The first-order valence-electron chi connectivity index (χ1n) is 15.0. The number of rotatable bonds is 16. The number of aliphatic hydroxyl groups is 1. The molecule has 3 unspecified atom stereocenters. The van der Waals surface area contributed by atoms with Crippen LogP contribution >= 0.6 is 11.8 Å². The van der Waals surface area contributed by atoms with E-state index < -0.39 is 18.2 Å². The Morgan fingerprint density at radius 2 is 1.53 bits per heavy atom. The zero-order valence-electron chi connectivity index (χ0n) is 24.9. The number of hydroxylamine groups is 1. The van der Waals surface area contributed by atoms with Crippen molar-refractivity contribution >= 4 is 29.5 Å². The van der Waals surface area contributed by atoms with Gasteiger partial charge in [-0.25, -0.2) is 15.3 Å². The van der Waals surface area contributed by atoms with Gasteiger partial charge < -0.3 is 25.0 Å². The van der Waals surface area contributed by atoms with E-state index in [-0.39, 0.29) is 36.7 Å². The summed E-state index contributed by atoms with van der Waals surface area (Å²) < 4.78 is 12.8. The number of nitrogens with zero attached hydrogens (tertiary/aromatic N) is 1. The molecule has 240 valence electrons. The molecular formula is C33H39N3O8S. The summed E-state index contributed by atoms with van der Waals surface area (Å²) in [6.07, 6.45) is 4.63. The predicted molar refractivity (Wildman–Crippen MR) is 166 cm³/mol. The average Bonchev–Trinajstić information content (AvgIpc) is 3.08. The second-order valence-electron chi connectivity index (χ2n) is 10.8. The van der Waals surface area contributed by atoms with Crippen LogP contribution in [0, 0.1) is 0 Å². The van der Waals surface area contributed by atoms with Crippen LogP contribution in [0.4, 0.5) is 0 Å². The lowest BCUT2D eigenvalue weighted by Gasteiger charge is -2.36. The minimum absolute atomic E-state index is 0.0412. The molecule has 45 heavy (non-hydrogen) atoms. The van der Waals surface area contributed by atoms with E-state index in [0.29, 0.717) is 36.6 Å². The van der Waals surface area contributed by atoms with Gasteiger partial charge in [0.2, 0.25) is 11.8 Å². The zero-order valence-corrected chi connectivity index (χ0v) is 25.7. The number of pyridine rings is 1. The minimum atomic E-state index is -1.03. The van der Waals surface area contributed by atoms with Gasteiger partial charge in [-0.05, 0) is 41.7 Å². The first kappa shape index (κ1) is 34.1. The van der Waals surface area contributed by atoms with Crippen LogP contribution < -0.4 is 10.8 Å². The number of aliphatic hydroxyl groups excluding tert-OH is 1. The molecule has 0 aliphatic carbocycles. The van der Waals surface area contributed by atoms with Crippen molar-refractivity contribution in [3.63, 3.8) is 0 Å². The summed E-state index contributed by atoms with van der Waals surface area (Å²) in [6, 6.07) is 18.4. The van der Waals surface area contributed by atoms with Crippen molar-refractivity contribution in [3.8, 4) is 0 Å². The number of carboxylic acid groups (broad SMARTS) is 1. The molecule has 1 aliphatic rings. The maximum absolute atomic E-state index is 12.3. The standard InChI is InChI=1S/C33H39N3O8S/c37-20-23-11-13-24(14-12-23)28-18-26(21-45-31-27(32(40)41)6-5-17-34-31)43-33(44-28)25-15-9-22(10-16-25)19-35-29(38)7-3-1-2-4-8-30(39)36-42/h5-6,9-17,26,28,33,37,42H,1-4,7-8,18-21H2,(H,35,38)(H,36,39)(H,40,41). The average molecular weight is 638 g/mol. The molecule has 1 fully saturated rings. The summed E-state index contributed by atoms with van der Waals surface area (Å²) >= 11 is 1.33. The number of amides is 2. The number of thioether (sulfide) groups is 1. The molecule has 2 heterocycles. The van der Waals surface area contributed by atoms with Gasteiger partial charge in [-0.15, -0.1) is 11.8 Å². The van der Waals surface area contributed by atoms with E-state index in [4.69, 9.17) is 14.7 Å². The number of aromatic nitrogens is 1. The van der Waals surface area contributed by atoms with Gasteiger partial charge in [0.15, 0.2) is 6.29 Å². The van der Waals surface area contributed by atoms with Gasteiger partial charge in [-0.1, -0.05) is 61.4 Å². The quantitative estimate of drug-likeness (QED) is 0.0619. The molecule has 0 radical (unpaired) electrons. The van der Waals surface area contributed by atoms with Crippen LogP contribution in [0.15, 0.2) is 71.9 Å². The molecule has 1 aliphatic heterocycles. The molecule has 1 saturated heterocycles. The number of unbranched alkanes of at least 4 members (excludes halogenated alkanes) is 3. The van der Waals surface area contributed by atoms with E-state index in [1.807, 2.05) is 48.5 Å². The molecule has 2 aromatic carbocycles. The Bertz CT molecular complexity index is 1400. The fourth-order valence-corrected chi connectivity index (χ4v) is 5.93. The van der Waals surface area contributed by atoms with Gasteiger partial charge in [0.1, 0.15) is 5.03 Å². The van der Waals surface area contributed by atoms with Crippen LogP contribution in [0.25, 0.3) is 0 Å². The normalized spacial score (nSPS) is 17.9. The number of aromatic carboxylic acids is 1. The van der Waals surface area contributed by atoms with Crippen LogP contribution in [0.2, 0.25) is 0 Å². The SMILES string of the molecule is O=C(CCCCCCC(=O)NCc1ccc(C2OC(CSc3ncccc3C(=O)O)CC(c3ccc(CO)cc3)O2)cc1)NO. The van der Waals surface area contributed by atoms with Gasteiger partial charge in [-0.2, -0.15) is 0 Å². The number of hydrogen-bond donors (Lipinski definition) is 5. The summed E-state index contributed by atoms with van der Waals surface area (Å²) in [4.78, 5) is 39.2. The molecule has 3 atom stereocenters. The number of hydrogen-bond acceptors (Lipinski definition) is 9. The molecule has 1 aromatic heterocycles. The molecule has 12 heteroatoms. The molecule has 3 aromatic rings. The Hall–Kier alpha value is -3.81. The summed E-state index contributed by atoms with van der Waals surface area (Å²) in [6.45, 7) is 0.338. The van der Waals surface area contributed by atoms with Crippen molar-refractivity contribution in [2.24, 2.45) is 0 Å². The summed E-state index contributed by atoms with van der Waals surface area (Å²) in [5.41, 5.74) is 5.26. The van der Waals surface area contributed by atoms with Crippen LogP contribution in [-0.2, 0) is 32.2 Å². The van der Waals surface area contributed by atoms with E-state index in [0.717, 1.165) is 41.5 Å². The van der Waals surface area contributed by atoms with Crippen molar-refractivity contribution in [2.75, 3.05) is 5.75 Å². The summed E-state index contributed by atoms with van der Waals surface area (Å²) in [5, 5.41) is 30.9. The van der Waals surface area contributed by atoms with Crippen molar-refractivity contribution < 1.29 is 39.3 Å². The third-order valence-electron chi connectivity index (χ3n) is 7.45. The lowest BCUT2D eigenvalue weighted by Crippen LogP contribution is -2.31. The second kappa shape index (κ2) is 17.6. The molecular weight excluding hydrogens is 598 g/mol. The lowest BCUT2D eigenvalue weighted by atomic mass is 10.0. The Balaban J connectivity index is 1.34. The second-order valence-corrected chi connectivity index (χ2v) is 11.8. The molecule has 5 N–H and O–H groups in total. The van der Waals surface area contributed by atoms with Crippen LogP contribution in [0.1, 0.15) is 90.0 Å². The largest absolute Gasteiger partial charge is 0.478 e. The zero-order chi connectivity index (χ0) is 32.0. The van der Waals surface area contributed by atoms with E-state index >= 15 is 0 Å². The van der Waals surface area contributed by atoms with Crippen molar-refractivity contribution in [2.45, 2.75) is 81.6 Å². The number of carbonyl (C=O) groups is 3. The highest BCUT2D eigenvalue weighted by molar-refractivity contribution is 7.99. The van der Waals surface area contributed by atoms with Crippen molar-refractivity contribution in [1.82, 2.24) is 15.8 Å². The number of carboxylic acids is 1. The lowest BCUT2D eigenvalue weighted by molar-refractivity contribution is -0.245. The van der Waals surface area contributed by atoms with Gasteiger partial charge in [-0.3, -0.25) is 14.8 Å². The molecule has 0 spiro atoms. The maximum Gasteiger partial charge on any atom is 0.338 e. The minimum Gasteiger partial charge on any atom is -0.478 e. The van der Waals surface area contributed by atoms with Crippen LogP contribution in [-0.4, -0.2) is 50.0 Å². The third kappa shape index (κ3) is 10.6. The van der Waals surface area contributed by atoms with E-state index in [9.17, 15) is 24.6 Å². The Labute approximate surface area is 266 Å². The number of ether oxygens (including phenoxy) is 2. The Kier molecular flexibility index (Phi) is 13.3. The van der Waals surface area contributed by atoms with Crippen molar-refractivity contribution in [1.29, 1.82) is 0 Å². The van der Waals surface area contributed by atoms with Gasteiger partial charge in [0.25, 0.3) is 0 Å². The summed E-state index contributed by atoms with van der Waals surface area (Å²) in [5.74, 6) is -0.994. The molecule has 0 saturated carbocycles. The van der Waals surface area contributed by atoms with E-state index in [1.54, 1.807) is 17.7 Å². The molecule has 2 amide bonds. The molecule has 4 rings (SSSR count). The highest BCUT2D eigenvalue weighted by Crippen LogP contribution is 2.39. The Morgan fingerprint density at radius 3 is 2.20 bits per heavy atom. The maximum atomic E-state index is 12.3.